The molecule has 13 nitrogen and oxygen atoms in total. The molecular weight excluding hydrogens is 1090 g/mol. The lowest BCUT2D eigenvalue weighted by atomic mass is 9.33. The molecule has 3 aromatic rings. The Morgan fingerprint density at radius 3 is 1.92 bits per heavy atom. The smallest absolute Gasteiger partial charge is 0.315 e. The van der Waals surface area contributed by atoms with Crippen LogP contribution in [0.3, 0.4) is 0 Å². The molecule has 7 fully saturated rings. The van der Waals surface area contributed by atoms with Crippen molar-refractivity contribution in [2.75, 3.05) is 26.9 Å². The van der Waals surface area contributed by atoms with Crippen LogP contribution in [0.5, 0.6) is 0 Å². The van der Waals surface area contributed by atoms with Crippen molar-refractivity contribution in [3.63, 3.8) is 0 Å². The van der Waals surface area contributed by atoms with E-state index in [-0.39, 0.29) is 70.8 Å². The first-order chi connectivity index (χ1) is 41.6. The fraction of sp³-hybridized carbons (Fsp3) is 0.716. The maximum absolute atomic E-state index is 16.1. The topological polar surface area (TPSA) is 145 Å². The summed E-state index contributed by atoms with van der Waals surface area (Å²) in [5, 5.41) is 0. The van der Waals surface area contributed by atoms with Crippen LogP contribution in [-0.4, -0.2) is 107 Å². The highest BCUT2D eigenvalue weighted by atomic mass is 16.8. The normalized spacial score (nSPS) is 42.3. The quantitative estimate of drug-likeness (QED) is 0.0899. The number of fused-ring (bicyclic) bond motifs is 7. The van der Waals surface area contributed by atoms with Gasteiger partial charge in [0.1, 0.15) is 36.6 Å². The van der Waals surface area contributed by atoms with E-state index in [1.807, 2.05) is 80.6 Å². The first-order valence-electron chi connectivity index (χ1n) is 33.5. The summed E-state index contributed by atoms with van der Waals surface area (Å²) in [6.45, 7) is 30.5. The van der Waals surface area contributed by atoms with E-state index in [4.69, 9.17) is 57.8 Å². The highest BCUT2D eigenvalue weighted by Gasteiger charge is 2.70. The predicted octanol–water partition coefficient (Wildman–Crippen LogP) is 14.0. The van der Waals surface area contributed by atoms with E-state index in [9.17, 15) is 0 Å². The van der Waals surface area contributed by atoms with Crippen LogP contribution in [0.1, 0.15) is 164 Å². The molecule has 3 saturated heterocycles. The summed E-state index contributed by atoms with van der Waals surface area (Å²) in [5.74, 6) is 1.20. The third-order valence-corrected chi connectivity index (χ3v) is 24.6. The van der Waals surface area contributed by atoms with Crippen molar-refractivity contribution in [3.05, 3.63) is 119 Å². The van der Waals surface area contributed by atoms with E-state index in [1.54, 1.807) is 7.11 Å². The molecule has 0 aromatic heterocycles. The van der Waals surface area contributed by atoms with Crippen LogP contribution in [0.4, 0.5) is 0 Å². The molecule has 5 aliphatic carbocycles. The average molecular weight is 1200 g/mol. The van der Waals surface area contributed by atoms with Crippen molar-refractivity contribution in [1.82, 2.24) is 0 Å². The molecule has 11 unspecified atom stereocenters. The van der Waals surface area contributed by atoms with Gasteiger partial charge < -0.3 is 57.8 Å². The van der Waals surface area contributed by atoms with Crippen LogP contribution in [0.25, 0.3) is 0 Å². The van der Waals surface area contributed by atoms with Gasteiger partial charge in [-0.2, -0.15) is 0 Å². The predicted molar refractivity (Wildman–Crippen MR) is 335 cm³/mol. The number of carbonyl (C=O) groups is 1. The molecule has 87 heavy (non-hydrogen) atoms. The molecule has 11 rings (SSSR count). The van der Waals surface area contributed by atoms with E-state index in [2.05, 4.69) is 99.6 Å². The number of allylic oxidation sites excluding steroid dienone is 2. The van der Waals surface area contributed by atoms with E-state index in [0.717, 1.165) is 61.1 Å². The van der Waals surface area contributed by atoms with Gasteiger partial charge in [-0.1, -0.05) is 172 Å². The maximum Gasteiger partial charge on any atom is 0.315 e. The molecule has 13 heteroatoms. The number of nitrogens with two attached hydrogens (primary N) is 1. The lowest BCUT2D eigenvalue weighted by molar-refractivity contribution is -0.370. The number of hydrogen-bond donors (Lipinski definition) is 1. The Hall–Kier alpha value is -3.57. The number of hydrogen-bond acceptors (Lipinski definition) is 13. The summed E-state index contributed by atoms with van der Waals surface area (Å²) in [6.07, 6.45) is 5.47. The van der Waals surface area contributed by atoms with Crippen LogP contribution in [0.15, 0.2) is 103 Å². The summed E-state index contributed by atoms with van der Waals surface area (Å²) < 4.78 is 74.7. The van der Waals surface area contributed by atoms with Crippen molar-refractivity contribution in [2.24, 2.45) is 73.7 Å². The van der Waals surface area contributed by atoms with Gasteiger partial charge in [0.25, 0.3) is 0 Å². The van der Waals surface area contributed by atoms with Crippen molar-refractivity contribution in [3.8, 4) is 0 Å². The van der Waals surface area contributed by atoms with Gasteiger partial charge in [0.2, 0.25) is 6.29 Å². The van der Waals surface area contributed by atoms with Gasteiger partial charge in [0.05, 0.1) is 50.7 Å². The van der Waals surface area contributed by atoms with Crippen molar-refractivity contribution in [1.29, 1.82) is 0 Å². The van der Waals surface area contributed by atoms with Gasteiger partial charge in [-0.05, 0) is 145 Å². The second kappa shape index (κ2) is 26.2. The molecule has 3 aromatic carbocycles. The second-order valence-corrected chi connectivity index (χ2v) is 30.2. The number of carbonyl (C=O) groups excluding carboxylic acids is 1. The third-order valence-electron chi connectivity index (χ3n) is 24.6. The van der Waals surface area contributed by atoms with Gasteiger partial charge in [0, 0.05) is 31.6 Å². The SMILES string of the molecule is CCOC1C(OC)C(OC2C(C)[C@@H](N)C(COCc3ccccc3)O[C@H]2OC(=O)[C@]23CCC(C)(C)CC2C2=CCC4C5(C)CC[C@H](C)C(C)(C)[C@@H]5CC[C@@]4(C)[C@]2(C)CC3)O[C@H](C)[C@@H]1O[C@@H]1OC[C@@H](OCc2ccccc2)C(OCc2ccccc2)C1C. The molecule has 0 radical (unpaired) electrons. The maximum atomic E-state index is 16.1. The van der Waals surface area contributed by atoms with Crippen LogP contribution >= 0.6 is 0 Å². The standard InChI is InChI=1S/C74H107NO12/c1-14-79-63-62(86-65-48(4)60(81-43-52-28-22-17-23-29-52)56(45-82-65)80-42-51-26-20-16-21-27-51)49(5)83-67(64(63)77-13)85-61-47(3)59(75)55(44-78-41-50-24-18-15-19-25-50)84-66(61)87-68(76)74-38-36-69(6,7)40-54(74)53-30-31-58-71(10)34-32-46(2)70(8,9)57(71)33-35-73(58,12)72(53,11)37-39-74/h15-30,46-49,54-67H,14,31-45,75H2,1-13H3/t46-,47?,48?,49+,54?,55?,56+,57-,58?,59+,60?,61?,62-,63?,64?,65-,66-,67?,71?,72+,73+,74-/m0/s1. The monoisotopic (exact) mass is 1200 g/mol. The number of methoxy groups -OCH3 is 1. The van der Waals surface area contributed by atoms with E-state index in [1.165, 1.54) is 31.3 Å². The van der Waals surface area contributed by atoms with Gasteiger partial charge in [-0.15, -0.1) is 0 Å². The summed E-state index contributed by atoms with van der Waals surface area (Å²) in [5.41, 5.74) is 11.9. The van der Waals surface area contributed by atoms with Crippen molar-refractivity contribution < 1.29 is 56.9 Å². The van der Waals surface area contributed by atoms with E-state index >= 15 is 4.79 Å². The molecule has 4 saturated carbocycles. The minimum Gasteiger partial charge on any atom is -0.432 e. The fourth-order valence-electron chi connectivity index (χ4n) is 18.7. The summed E-state index contributed by atoms with van der Waals surface area (Å²) in [4.78, 5) is 16.1. The molecule has 480 valence electrons. The lowest BCUT2D eigenvalue weighted by Gasteiger charge is -2.71. The Morgan fingerprint density at radius 1 is 0.632 bits per heavy atom. The van der Waals surface area contributed by atoms with E-state index in [0.29, 0.717) is 43.7 Å². The minimum atomic E-state index is -1.14. The van der Waals surface area contributed by atoms with Crippen LogP contribution in [0, 0.1) is 68.0 Å². The Morgan fingerprint density at radius 2 is 1.26 bits per heavy atom. The zero-order valence-electron chi connectivity index (χ0n) is 54.9. The van der Waals surface area contributed by atoms with Gasteiger partial charge in [-0.3, -0.25) is 4.79 Å². The summed E-state index contributed by atoms with van der Waals surface area (Å²) in [7, 11) is 1.64. The van der Waals surface area contributed by atoms with Gasteiger partial charge in [0.15, 0.2) is 12.6 Å². The van der Waals surface area contributed by atoms with Crippen LogP contribution in [0.2, 0.25) is 0 Å². The van der Waals surface area contributed by atoms with Crippen molar-refractivity contribution in [2.45, 2.75) is 241 Å². The molecule has 0 bridgehead atoms. The van der Waals surface area contributed by atoms with Crippen molar-refractivity contribution >= 4 is 5.97 Å². The van der Waals surface area contributed by atoms with Crippen LogP contribution in [-0.2, 0) is 76.7 Å². The first-order valence-corrected chi connectivity index (χ1v) is 33.5. The highest BCUT2D eigenvalue weighted by molar-refractivity contribution is 5.79. The zero-order chi connectivity index (χ0) is 61.7. The Kier molecular flexibility index (Phi) is 19.6. The van der Waals surface area contributed by atoms with Gasteiger partial charge >= 0.3 is 5.97 Å². The first kappa shape index (κ1) is 64.9. The lowest BCUT2D eigenvalue weighted by Crippen LogP contribution is -2.66. The Balaban J connectivity index is 0.851. The van der Waals surface area contributed by atoms with Crippen LogP contribution < -0.4 is 5.73 Å². The third kappa shape index (κ3) is 12.4. The largest absolute Gasteiger partial charge is 0.432 e. The molecule has 3 aliphatic heterocycles. The number of esters is 1. The number of rotatable bonds is 19. The molecule has 3 heterocycles. The zero-order valence-corrected chi connectivity index (χ0v) is 54.9. The Bertz CT molecular complexity index is 2780. The minimum absolute atomic E-state index is 0.0322. The Labute approximate surface area is 521 Å². The van der Waals surface area contributed by atoms with Gasteiger partial charge in [-0.25, -0.2) is 0 Å². The molecule has 8 aliphatic rings. The molecule has 0 spiro atoms. The summed E-state index contributed by atoms with van der Waals surface area (Å²) >= 11 is 0. The molecule has 2 N–H and O–H groups in total. The molecule has 22 atom stereocenters. The fourth-order valence-corrected chi connectivity index (χ4v) is 18.7. The van der Waals surface area contributed by atoms with E-state index < -0.39 is 67.0 Å². The molecule has 0 amide bonds. The molecular formula is C74H107NO12. The highest BCUT2D eigenvalue weighted by Crippen LogP contribution is 2.76. The average Bonchev–Trinajstić information content (AvgIpc) is 0.688. The number of benzene rings is 3. The second-order valence-electron chi connectivity index (χ2n) is 30.2. The number of ether oxygens (including phenoxy) is 11. The summed E-state index contributed by atoms with van der Waals surface area (Å²) in [6, 6.07) is 29.9.